The Kier molecular flexibility index (Phi) is 11.9. The third kappa shape index (κ3) is 9.02. The summed E-state index contributed by atoms with van der Waals surface area (Å²) in [5, 5.41) is 8.62. The average Bonchev–Trinajstić information content (AvgIpc) is 3.86. The van der Waals surface area contributed by atoms with Gasteiger partial charge < -0.3 is 25.1 Å². The summed E-state index contributed by atoms with van der Waals surface area (Å²) in [6.07, 6.45) is 3.93. The molecule has 56 heavy (non-hydrogen) atoms. The lowest BCUT2D eigenvalue weighted by molar-refractivity contribution is -0.115. The van der Waals surface area contributed by atoms with Crippen LogP contribution in [0, 0.1) is 0 Å². The summed E-state index contributed by atoms with van der Waals surface area (Å²) in [5.41, 5.74) is 4.43. The van der Waals surface area contributed by atoms with Crippen LogP contribution in [0.4, 0.5) is 10.7 Å². The van der Waals surface area contributed by atoms with E-state index in [-0.39, 0.29) is 11.6 Å². The van der Waals surface area contributed by atoms with Gasteiger partial charge in [0.15, 0.2) is 0 Å². The Morgan fingerprint density at radius 3 is 2.21 bits per heavy atom. The minimum atomic E-state index is -0.546. The molecule has 0 aliphatic heterocycles. The Labute approximate surface area is 333 Å². The van der Waals surface area contributed by atoms with Gasteiger partial charge in [-0.3, -0.25) is 14.4 Å². The van der Waals surface area contributed by atoms with Crippen molar-refractivity contribution in [3.05, 3.63) is 166 Å². The summed E-state index contributed by atoms with van der Waals surface area (Å²) < 4.78 is 11.1. The van der Waals surface area contributed by atoms with Gasteiger partial charge in [0.2, 0.25) is 5.91 Å². The molecule has 9 nitrogen and oxygen atoms in total. The molecule has 2 aromatic heterocycles. The fourth-order valence-corrected chi connectivity index (χ4v) is 8.75. The molecule has 1 aliphatic rings. The van der Waals surface area contributed by atoms with E-state index in [1.54, 1.807) is 61.5 Å². The van der Waals surface area contributed by atoms with Crippen LogP contribution in [0.3, 0.4) is 0 Å². The Bertz CT molecular complexity index is 2370. The third-order valence-corrected chi connectivity index (χ3v) is 11.7. The van der Waals surface area contributed by atoms with Gasteiger partial charge in [0.05, 0.1) is 17.9 Å². The number of esters is 1. The van der Waals surface area contributed by atoms with Crippen LogP contribution < -0.4 is 16.0 Å². The van der Waals surface area contributed by atoms with E-state index in [0.717, 1.165) is 40.2 Å². The highest BCUT2D eigenvalue weighted by molar-refractivity contribution is 8.00. The summed E-state index contributed by atoms with van der Waals surface area (Å²) in [5.74, 6) is -0.329. The number of amides is 3. The van der Waals surface area contributed by atoms with E-state index in [0.29, 0.717) is 39.3 Å². The first-order chi connectivity index (χ1) is 27.2. The lowest BCUT2D eigenvalue weighted by Gasteiger charge is -2.22. The quantitative estimate of drug-likeness (QED) is 0.0641. The molecular formula is C45H39N3O6S2. The van der Waals surface area contributed by atoms with Crippen LogP contribution in [-0.4, -0.2) is 36.1 Å². The molecule has 0 bridgehead atoms. The Balaban J connectivity index is 1.02. The molecule has 1 aliphatic carbocycles. The summed E-state index contributed by atoms with van der Waals surface area (Å²) in [6, 6.07) is 39.2. The highest BCUT2D eigenvalue weighted by Gasteiger charge is 2.31. The van der Waals surface area contributed by atoms with Crippen LogP contribution >= 0.6 is 23.1 Å². The van der Waals surface area contributed by atoms with E-state index < -0.39 is 23.0 Å². The SMILES string of the molecule is COC(=O)c1c(NC(=O)[C@H](C)Sc2ccc(NC(=O)/C(=C/c3ccc(-c4ccccc4)o3)NC(=O)c3ccccc3)cc2)sc2c1CC[C@@H](c1ccccc1)C2. The van der Waals surface area contributed by atoms with E-state index in [2.05, 4.69) is 28.1 Å². The Hall–Kier alpha value is -6.17. The first-order valence-electron chi connectivity index (χ1n) is 18.2. The number of anilines is 2. The van der Waals surface area contributed by atoms with Crippen molar-refractivity contribution >= 4 is 63.6 Å². The predicted octanol–water partition coefficient (Wildman–Crippen LogP) is 9.60. The summed E-state index contributed by atoms with van der Waals surface area (Å²) in [6.45, 7) is 1.80. The minimum Gasteiger partial charge on any atom is -0.465 e. The summed E-state index contributed by atoms with van der Waals surface area (Å²) in [4.78, 5) is 55.1. The van der Waals surface area contributed by atoms with Gasteiger partial charge in [-0.2, -0.15) is 0 Å². The van der Waals surface area contributed by atoms with Crippen LogP contribution in [-0.2, 0) is 27.2 Å². The maximum Gasteiger partial charge on any atom is 0.341 e. The molecule has 0 radical (unpaired) electrons. The molecule has 11 heteroatoms. The molecule has 3 N–H and O–H groups in total. The molecule has 282 valence electrons. The number of carbonyl (C=O) groups excluding carboxylic acids is 4. The van der Waals surface area contributed by atoms with Crippen LogP contribution in [0.1, 0.15) is 61.7 Å². The number of benzene rings is 4. The zero-order chi connectivity index (χ0) is 39.0. The summed E-state index contributed by atoms with van der Waals surface area (Å²) >= 11 is 2.80. The van der Waals surface area contributed by atoms with Crippen molar-refractivity contribution in [2.75, 3.05) is 17.7 Å². The number of thiophene rings is 1. The van der Waals surface area contributed by atoms with Crippen LogP contribution in [0.5, 0.6) is 0 Å². The molecule has 0 spiro atoms. The van der Waals surface area contributed by atoms with Crippen LogP contribution in [0.2, 0.25) is 0 Å². The molecule has 4 aromatic carbocycles. The second-order valence-corrected chi connectivity index (χ2v) is 15.7. The van der Waals surface area contributed by atoms with Crippen molar-refractivity contribution in [1.29, 1.82) is 0 Å². The lowest BCUT2D eigenvalue weighted by atomic mass is 9.83. The number of fused-ring (bicyclic) bond motifs is 1. The smallest absolute Gasteiger partial charge is 0.341 e. The fraction of sp³-hybridized carbons (Fsp3) is 0.156. The van der Waals surface area contributed by atoms with Gasteiger partial charge in [0, 0.05) is 32.7 Å². The zero-order valence-corrected chi connectivity index (χ0v) is 32.4. The van der Waals surface area contributed by atoms with Crippen LogP contribution in [0.25, 0.3) is 17.4 Å². The number of hydrogen-bond donors (Lipinski definition) is 3. The van der Waals surface area contributed by atoms with E-state index >= 15 is 0 Å². The number of ether oxygens (including phenoxy) is 1. The first kappa shape index (κ1) is 38.1. The zero-order valence-electron chi connectivity index (χ0n) is 30.7. The number of rotatable bonds is 12. The number of thioether (sulfide) groups is 1. The molecule has 0 saturated carbocycles. The molecule has 3 amide bonds. The van der Waals surface area contributed by atoms with Crippen molar-refractivity contribution in [3.63, 3.8) is 0 Å². The van der Waals surface area contributed by atoms with Gasteiger partial charge in [-0.15, -0.1) is 23.1 Å². The molecule has 0 saturated heterocycles. The summed E-state index contributed by atoms with van der Waals surface area (Å²) in [7, 11) is 1.36. The van der Waals surface area contributed by atoms with Crippen molar-refractivity contribution in [2.45, 2.75) is 42.2 Å². The molecular weight excluding hydrogens is 743 g/mol. The maximum atomic E-state index is 13.6. The molecule has 6 aromatic rings. The second-order valence-electron chi connectivity index (χ2n) is 13.2. The van der Waals surface area contributed by atoms with E-state index in [1.165, 1.54) is 41.8 Å². The van der Waals surface area contributed by atoms with Crippen LogP contribution in [0.15, 0.2) is 142 Å². The van der Waals surface area contributed by atoms with Crippen molar-refractivity contribution < 1.29 is 28.3 Å². The van der Waals surface area contributed by atoms with Gasteiger partial charge in [0.25, 0.3) is 11.8 Å². The minimum absolute atomic E-state index is 0.00581. The number of nitrogens with one attached hydrogen (secondary N) is 3. The van der Waals surface area contributed by atoms with Gasteiger partial charge in [-0.25, -0.2) is 4.79 Å². The molecule has 2 atom stereocenters. The number of furan rings is 1. The topological polar surface area (TPSA) is 127 Å². The lowest BCUT2D eigenvalue weighted by Crippen LogP contribution is -2.30. The number of methoxy groups -OCH3 is 1. The van der Waals surface area contributed by atoms with Gasteiger partial charge in [-0.05, 0) is 91.8 Å². The predicted molar refractivity (Wildman–Crippen MR) is 222 cm³/mol. The highest BCUT2D eigenvalue weighted by Crippen LogP contribution is 2.43. The highest BCUT2D eigenvalue weighted by atomic mass is 32.2. The Morgan fingerprint density at radius 2 is 1.52 bits per heavy atom. The largest absolute Gasteiger partial charge is 0.465 e. The van der Waals surface area contributed by atoms with Gasteiger partial charge in [0.1, 0.15) is 22.2 Å². The van der Waals surface area contributed by atoms with Crippen molar-refractivity contribution in [1.82, 2.24) is 5.32 Å². The number of hydrogen-bond acceptors (Lipinski definition) is 8. The second kappa shape index (κ2) is 17.5. The monoisotopic (exact) mass is 781 g/mol. The van der Waals surface area contributed by atoms with Gasteiger partial charge >= 0.3 is 5.97 Å². The van der Waals surface area contributed by atoms with Crippen molar-refractivity contribution in [3.8, 4) is 11.3 Å². The number of carbonyl (C=O) groups is 4. The standard InChI is InChI=1S/C45H39N3O6S2/c1-28(41(49)48-44-40(45(52)53-2)36-24-18-32(26-39(36)56-44)29-12-6-3-7-13-29)55-35-22-19-33(20-23-35)46-43(51)37(47-42(50)31-16-10-5-11-17-31)27-34-21-25-38(54-34)30-14-8-4-9-15-30/h3-17,19-23,25,27-28,32H,18,24,26H2,1-2H3,(H,46,51)(H,47,50)(H,48,49)/b37-27-/t28-,32+/m0/s1. The Morgan fingerprint density at radius 1 is 0.839 bits per heavy atom. The molecule has 0 fully saturated rings. The first-order valence-corrected chi connectivity index (χ1v) is 19.9. The van der Waals surface area contributed by atoms with E-state index in [1.807, 2.05) is 60.7 Å². The van der Waals surface area contributed by atoms with Crippen molar-refractivity contribution in [2.24, 2.45) is 0 Å². The van der Waals surface area contributed by atoms with E-state index in [9.17, 15) is 19.2 Å². The molecule has 2 heterocycles. The van der Waals surface area contributed by atoms with Gasteiger partial charge in [-0.1, -0.05) is 78.9 Å². The fourth-order valence-electron chi connectivity index (χ4n) is 6.56. The maximum absolute atomic E-state index is 13.6. The average molecular weight is 782 g/mol. The molecule has 0 unspecified atom stereocenters. The normalized spacial score (nSPS) is 14.2. The molecule has 7 rings (SSSR count). The third-order valence-electron chi connectivity index (χ3n) is 9.46. The van der Waals surface area contributed by atoms with E-state index in [4.69, 9.17) is 9.15 Å².